The van der Waals surface area contributed by atoms with Crippen LogP contribution in [0.2, 0.25) is 10.3 Å². The van der Waals surface area contributed by atoms with E-state index in [1.165, 1.54) is 0 Å². The lowest BCUT2D eigenvalue weighted by atomic mass is 10.2. The van der Waals surface area contributed by atoms with Crippen LogP contribution in [0.3, 0.4) is 0 Å². The van der Waals surface area contributed by atoms with Crippen LogP contribution in [0.25, 0.3) is 22.2 Å². The molecule has 27 heavy (non-hydrogen) atoms. The lowest BCUT2D eigenvalue weighted by molar-refractivity contribution is 0.122. The smallest absolute Gasteiger partial charge is 0.229 e. The Hall–Kier alpha value is -2.03. The molecule has 0 atom stereocenters. The number of aromatic nitrogens is 3. The van der Waals surface area contributed by atoms with Crippen molar-refractivity contribution in [3.63, 3.8) is 0 Å². The van der Waals surface area contributed by atoms with Crippen LogP contribution in [0, 0.1) is 0 Å². The highest BCUT2D eigenvalue weighted by Crippen LogP contribution is 2.33. The number of rotatable bonds is 3. The fourth-order valence-corrected chi connectivity index (χ4v) is 4.00. The van der Waals surface area contributed by atoms with Crippen molar-refractivity contribution >= 4 is 55.5 Å². The van der Waals surface area contributed by atoms with Gasteiger partial charge in [-0.2, -0.15) is 4.98 Å². The fourth-order valence-electron chi connectivity index (χ4n) is 2.99. The second-order valence-corrected chi connectivity index (χ2v) is 11.0. The predicted octanol–water partition coefficient (Wildman–Crippen LogP) is 2.98. The molecule has 3 aromatic rings. The minimum Gasteiger partial charge on any atom is -0.432 e. The van der Waals surface area contributed by atoms with Crippen LogP contribution in [0.5, 0.6) is 0 Å². The summed E-state index contributed by atoms with van der Waals surface area (Å²) in [6.45, 7) is 9.43. The van der Waals surface area contributed by atoms with Gasteiger partial charge < -0.3 is 18.7 Å². The maximum absolute atomic E-state index is 6.21. The second kappa shape index (κ2) is 7.18. The summed E-state index contributed by atoms with van der Waals surface area (Å²) in [6, 6.07) is 2.00. The third-order valence-corrected chi connectivity index (χ3v) is 5.75. The SMILES string of the molecule is CC(C)(C)[SiH2]/N=C/c1cnc2oc3c(N4CCOCC4)nc(Cl)nc3c2c1. The minimum absolute atomic E-state index is 0.200. The van der Waals surface area contributed by atoms with Crippen molar-refractivity contribution < 1.29 is 9.15 Å². The van der Waals surface area contributed by atoms with Gasteiger partial charge in [0.15, 0.2) is 21.1 Å². The molecule has 1 saturated heterocycles. The topological polar surface area (TPSA) is 76.6 Å². The summed E-state index contributed by atoms with van der Waals surface area (Å²) in [4.78, 5) is 15.4. The van der Waals surface area contributed by atoms with Crippen LogP contribution in [-0.4, -0.2) is 57.2 Å². The first-order valence-corrected chi connectivity index (χ1v) is 10.7. The molecule has 1 aliphatic rings. The van der Waals surface area contributed by atoms with E-state index in [2.05, 4.69) is 45.3 Å². The summed E-state index contributed by atoms with van der Waals surface area (Å²) >= 11 is 6.21. The van der Waals surface area contributed by atoms with Crippen LogP contribution < -0.4 is 4.90 Å². The van der Waals surface area contributed by atoms with Crippen LogP contribution in [0.1, 0.15) is 26.3 Å². The van der Waals surface area contributed by atoms with E-state index in [-0.39, 0.29) is 10.3 Å². The highest BCUT2D eigenvalue weighted by atomic mass is 35.5. The summed E-state index contributed by atoms with van der Waals surface area (Å²) in [5, 5.41) is 1.31. The van der Waals surface area contributed by atoms with Gasteiger partial charge in [-0.25, -0.2) is 9.97 Å². The predicted molar refractivity (Wildman–Crippen MR) is 111 cm³/mol. The van der Waals surface area contributed by atoms with Crippen molar-refractivity contribution in [3.8, 4) is 0 Å². The average molecular weight is 404 g/mol. The summed E-state index contributed by atoms with van der Waals surface area (Å²) in [6.07, 6.45) is 3.67. The molecular weight excluding hydrogens is 382 g/mol. The largest absolute Gasteiger partial charge is 0.432 e. The monoisotopic (exact) mass is 403 g/mol. The number of fused-ring (bicyclic) bond motifs is 3. The van der Waals surface area contributed by atoms with Gasteiger partial charge in [-0.05, 0) is 22.7 Å². The molecule has 0 radical (unpaired) electrons. The summed E-state index contributed by atoms with van der Waals surface area (Å²) in [5.41, 5.74) is 2.76. The summed E-state index contributed by atoms with van der Waals surface area (Å²) in [7, 11) is -0.547. The van der Waals surface area contributed by atoms with Crippen molar-refractivity contribution in [2.75, 3.05) is 31.2 Å². The Morgan fingerprint density at radius 3 is 2.78 bits per heavy atom. The number of furan rings is 1. The third-order valence-electron chi connectivity index (χ3n) is 4.26. The fraction of sp³-hybridized carbons (Fsp3) is 0.444. The molecule has 7 nitrogen and oxygen atoms in total. The number of hydrogen-bond donors (Lipinski definition) is 0. The molecule has 0 amide bonds. The molecule has 142 valence electrons. The maximum atomic E-state index is 6.21. The normalized spacial score (nSPS) is 16.5. The van der Waals surface area contributed by atoms with Crippen LogP contribution in [0.15, 0.2) is 21.3 Å². The summed E-state index contributed by atoms with van der Waals surface area (Å²) < 4.78 is 16.1. The van der Waals surface area contributed by atoms with Gasteiger partial charge in [-0.15, -0.1) is 0 Å². The van der Waals surface area contributed by atoms with Gasteiger partial charge in [0, 0.05) is 31.1 Å². The Kier molecular flexibility index (Phi) is 4.87. The first-order chi connectivity index (χ1) is 12.9. The van der Waals surface area contributed by atoms with Gasteiger partial charge in [0.05, 0.1) is 18.6 Å². The van der Waals surface area contributed by atoms with E-state index >= 15 is 0 Å². The van der Waals surface area contributed by atoms with Crippen molar-refractivity contribution in [2.24, 2.45) is 4.66 Å². The number of hydrogen-bond acceptors (Lipinski definition) is 7. The number of nitrogens with zero attached hydrogens (tertiary/aromatic N) is 5. The molecule has 1 fully saturated rings. The standard InChI is InChI=1S/C18H22ClN5O2Si/c1-18(2,3)27-21-10-11-8-12-13-14(26-16(12)20-9-11)15(23-17(19)22-13)24-4-6-25-7-5-24/h8-10H,4-7,27H2,1-3H3/b21-10+. The molecule has 0 N–H and O–H groups in total. The lowest BCUT2D eigenvalue weighted by Crippen LogP contribution is -2.36. The Labute approximate surface area is 164 Å². The zero-order chi connectivity index (χ0) is 19.0. The number of halogens is 1. The molecule has 4 rings (SSSR count). The molecule has 0 spiro atoms. The van der Waals surface area contributed by atoms with E-state index in [9.17, 15) is 0 Å². The van der Waals surface area contributed by atoms with E-state index in [4.69, 9.17) is 20.8 Å². The zero-order valence-electron chi connectivity index (χ0n) is 15.7. The lowest BCUT2D eigenvalue weighted by Gasteiger charge is -2.27. The maximum Gasteiger partial charge on any atom is 0.229 e. The molecule has 3 aromatic heterocycles. The molecule has 0 saturated carbocycles. The van der Waals surface area contributed by atoms with E-state index in [0.29, 0.717) is 35.8 Å². The highest BCUT2D eigenvalue weighted by molar-refractivity contribution is 6.39. The Bertz CT molecular complexity index is 1010. The van der Waals surface area contributed by atoms with Crippen LogP contribution in [-0.2, 0) is 4.74 Å². The number of anilines is 1. The van der Waals surface area contributed by atoms with Crippen molar-refractivity contribution in [2.45, 2.75) is 25.8 Å². The molecule has 0 aliphatic carbocycles. The first-order valence-electron chi connectivity index (χ1n) is 8.99. The Morgan fingerprint density at radius 2 is 2.04 bits per heavy atom. The highest BCUT2D eigenvalue weighted by Gasteiger charge is 2.22. The minimum atomic E-state index is -0.547. The third kappa shape index (κ3) is 3.97. The van der Waals surface area contributed by atoms with Gasteiger partial charge in [0.25, 0.3) is 0 Å². The average Bonchev–Trinajstić information content (AvgIpc) is 2.99. The van der Waals surface area contributed by atoms with E-state index < -0.39 is 9.68 Å². The van der Waals surface area contributed by atoms with Gasteiger partial charge in [0.2, 0.25) is 11.0 Å². The van der Waals surface area contributed by atoms with E-state index in [1.807, 2.05) is 12.3 Å². The zero-order valence-corrected chi connectivity index (χ0v) is 17.9. The van der Waals surface area contributed by atoms with Crippen LogP contribution >= 0.6 is 11.6 Å². The molecule has 4 heterocycles. The van der Waals surface area contributed by atoms with Crippen LogP contribution in [0.4, 0.5) is 5.82 Å². The molecule has 1 aliphatic heterocycles. The van der Waals surface area contributed by atoms with Crippen molar-refractivity contribution in [1.29, 1.82) is 0 Å². The number of morpholine rings is 1. The van der Waals surface area contributed by atoms with Gasteiger partial charge in [0.1, 0.15) is 5.52 Å². The van der Waals surface area contributed by atoms with Crippen molar-refractivity contribution in [1.82, 2.24) is 15.0 Å². The number of pyridine rings is 1. The molecule has 9 heteroatoms. The quantitative estimate of drug-likeness (QED) is 0.380. The molecule has 0 bridgehead atoms. The van der Waals surface area contributed by atoms with E-state index in [1.54, 1.807) is 6.20 Å². The van der Waals surface area contributed by atoms with Gasteiger partial charge in [-0.1, -0.05) is 20.8 Å². The Balaban J connectivity index is 1.77. The van der Waals surface area contributed by atoms with E-state index in [0.717, 1.165) is 24.0 Å². The number of ether oxygens (including phenoxy) is 1. The van der Waals surface area contributed by atoms with Gasteiger partial charge >= 0.3 is 0 Å². The van der Waals surface area contributed by atoms with Crippen molar-refractivity contribution in [3.05, 3.63) is 23.1 Å². The molecular formula is C18H22ClN5O2Si. The molecule has 0 unspecified atom stereocenters. The molecule has 0 aromatic carbocycles. The summed E-state index contributed by atoms with van der Waals surface area (Å²) in [5.74, 6) is 0.696. The second-order valence-electron chi connectivity index (χ2n) is 7.85. The Morgan fingerprint density at radius 1 is 1.26 bits per heavy atom. The first kappa shape index (κ1) is 18.3. The van der Waals surface area contributed by atoms with Gasteiger partial charge in [-0.3, -0.25) is 0 Å².